The lowest BCUT2D eigenvalue weighted by Crippen LogP contribution is -2.60. The Kier molecular flexibility index (Phi) is 7.54. The number of halogens is 4. The van der Waals surface area contributed by atoms with Gasteiger partial charge in [-0.05, 0) is 37.7 Å². The molecule has 0 radical (unpaired) electrons. The predicted octanol–water partition coefficient (Wildman–Crippen LogP) is 3.89. The number of phenolic OH excluding ortho intramolecular Hbond substituents is 1. The number of aliphatic carboxylic acids is 1. The molecule has 2 aliphatic heterocycles. The van der Waals surface area contributed by atoms with E-state index < -0.39 is 68.7 Å². The number of aromatic hydroxyl groups is 1. The Morgan fingerprint density at radius 2 is 1.77 bits per heavy atom. The molecule has 2 heterocycles. The Hall–Kier alpha value is -2.50. The maximum atomic E-state index is 14.6. The molecule has 0 bridgehead atoms. The van der Waals surface area contributed by atoms with Gasteiger partial charge < -0.3 is 10.2 Å². The Morgan fingerprint density at radius 1 is 1.05 bits per heavy atom. The number of carboxylic acids is 1. The molecule has 9 nitrogen and oxygen atoms in total. The number of carbonyl (C=O) groups excluding carboxylic acids is 4. The second-order valence-corrected chi connectivity index (χ2v) is 12.4. The minimum Gasteiger partial charge on any atom is -0.505 e. The van der Waals surface area contributed by atoms with Crippen LogP contribution in [0.15, 0.2) is 29.8 Å². The Bertz CT molecular complexity index is 1360. The first-order valence-corrected chi connectivity index (χ1v) is 14.8. The second kappa shape index (κ2) is 10.4. The van der Waals surface area contributed by atoms with Crippen molar-refractivity contribution >= 4 is 68.7 Å². The molecule has 6 atom stereocenters. The van der Waals surface area contributed by atoms with Gasteiger partial charge in [0.2, 0.25) is 11.8 Å². The monoisotopic (exact) mass is 658 g/mol. The van der Waals surface area contributed by atoms with E-state index in [9.17, 15) is 33.5 Å². The molecule has 214 valence electrons. The minimum absolute atomic E-state index is 0.00699. The first-order chi connectivity index (χ1) is 18.9. The van der Waals surface area contributed by atoms with Crippen LogP contribution in [0, 0.1) is 23.6 Å². The van der Waals surface area contributed by atoms with Crippen LogP contribution in [-0.4, -0.2) is 71.4 Å². The molecule has 4 amide bonds. The fourth-order valence-electron chi connectivity index (χ4n) is 6.87. The average Bonchev–Trinajstić information content (AvgIpc) is 3.23. The van der Waals surface area contributed by atoms with Gasteiger partial charge >= 0.3 is 5.97 Å². The van der Waals surface area contributed by atoms with E-state index in [1.807, 2.05) is 0 Å². The maximum absolute atomic E-state index is 14.6. The van der Waals surface area contributed by atoms with Crippen LogP contribution in [-0.2, 0) is 24.0 Å². The van der Waals surface area contributed by atoms with Gasteiger partial charge in [-0.2, -0.15) is 0 Å². The number of benzene rings is 1. The molecule has 3 fully saturated rings. The van der Waals surface area contributed by atoms with E-state index in [4.69, 9.17) is 28.3 Å². The van der Waals surface area contributed by atoms with Crippen molar-refractivity contribution in [3.8, 4) is 5.75 Å². The lowest BCUT2D eigenvalue weighted by atomic mass is 9.56. The highest BCUT2D eigenvalue weighted by Crippen LogP contribution is 2.66. The highest BCUT2D eigenvalue weighted by Gasteiger charge is 2.76. The summed E-state index contributed by atoms with van der Waals surface area (Å²) >= 11 is 17.2. The summed E-state index contributed by atoms with van der Waals surface area (Å²) in [7, 11) is 0. The number of hydrogen-bond acceptors (Lipinski definition) is 6. The number of imide groups is 2. The van der Waals surface area contributed by atoms with Gasteiger partial charge in [-0.3, -0.25) is 33.8 Å². The SMILES string of the molecule is O=C(O)CCCCCN1C(=O)C2CC=C3C(CC4(Cl)C(=O)N(CBr)C(=O)C4(Cl)C3c3cccc(F)c3O)C2C1=O. The van der Waals surface area contributed by atoms with Gasteiger partial charge in [-0.1, -0.05) is 46.1 Å². The first kappa shape index (κ1) is 29.0. The number of para-hydroxylation sites is 1. The molecule has 0 aromatic heterocycles. The smallest absolute Gasteiger partial charge is 0.303 e. The van der Waals surface area contributed by atoms with E-state index >= 15 is 0 Å². The lowest BCUT2D eigenvalue weighted by molar-refractivity contribution is -0.141. The third-order valence-corrected chi connectivity index (χ3v) is 10.6. The molecule has 0 spiro atoms. The first-order valence-electron chi connectivity index (χ1n) is 12.9. The van der Waals surface area contributed by atoms with Gasteiger partial charge in [0, 0.05) is 24.4 Å². The van der Waals surface area contributed by atoms with Crippen molar-refractivity contribution in [3.05, 3.63) is 41.2 Å². The molecule has 2 aliphatic carbocycles. The average molecular weight is 660 g/mol. The van der Waals surface area contributed by atoms with Crippen molar-refractivity contribution in [3.63, 3.8) is 0 Å². The number of nitrogens with zero attached hydrogens (tertiary/aromatic N) is 2. The molecule has 13 heteroatoms. The van der Waals surface area contributed by atoms with Crippen LogP contribution < -0.4 is 0 Å². The second-order valence-electron chi connectivity index (χ2n) is 10.7. The molecule has 2 saturated heterocycles. The number of allylic oxidation sites excluding steroid dienone is 2. The van der Waals surface area contributed by atoms with E-state index in [0.717, 1.165) is 11.0 Å². The van der Waals surface area contributed by atoms with Gasteiger partial charge in [0.05, 0.1) is 17.3 Å². The molecule has 5 rings (SSSR count). The minimum atomic E-state index is -2.13. The van der Waals surface area contributed by atoms with Crippen molar-refractivity contribution in [2.45, 2.75) is 54.2 Å². The molecular weight excluding hydrogens is 634 g/mol. The van der Waals surface area contributed by atoms with Crippen LogP contribution in [0.3, 0.4) is 0 Å². The number of fused-ring (bicyclic) bond motifs is 4. The molecule has 40 heavy (non-hydrogen) atoms. The number of alkyl halides is 3. The van der Waals surface area contributed by atoms with Crippen LogP contribution in [0.5, 0.6) is 5.75 Å². The van der Waals surface area contributed by atoms with Gasteiger partial charge in [0.1, 0.15) is 0 Å². The van der Waals surface area contributed by atoms with Gasteiger partial charge in [-0.15, -0.1) is 23.2 Å². The van der Waals surface area contributed by atoms with Crippen molar-refractivity contribution in [2.24, 2.45) is 17.8 Å². The third kappa shape index (κ3) is 4.02. The van der Waals surface area contributed by atoms with Crippen molar-refractivity contribution in [1.29, 1.82) is 0 Å². The fourth-order valence-corrected chi connectivity index (χ4v) is 8.29. The van der Waals surface area contributed by atoms with Crippen LogP contribution in [0.2, 0.25) is 0 Å². The van der Waals surface area contributed by atoms with E-state index in [-0.39, 0.29) is 42.7 Å². The van der Waals surface area contributed by atoms with E-state index in [1.165, 1.54) is 17.0 Å². The lowest BCUT2D eigenvalue weighted by Gasteiger charge is -2.50. The topological polar surface area (TPSA) is 132 Å². The number of amides is 4. The number of hydrogen-bond donors (Lipinski definition) is 2. The zero-order valence-corrected chi connectivity index (χ0v) is 24.2. The normalized spacial score (nSPS) is 33.1. The zero-order chi connectivity index (χ0) is 29.1. The molecule has 1 saturated carbocycles. The summed E-state index contributed by atoms with van der Waals surface area (Å²) < 4.78 is 14.6. The van der Waals surface area contributed by atoms with E-state index in [0.29, 0.717) is 24.8 Å². The summed E-state index contributed by atoms with van der Waals surface area (Å²) in [5, 5.41) is 19.6. The van der Waals surface area contributed by atoms with Crippen LogP contribution in [0.4, 0.5) is 4.39 Å². The fraction of sp³-hybridized carbons (Fsp3) is 0.519. The maximum Gasteiger partial charge on any atom is 0.303 e. The Morgan fingerprint density at radius 3 is 2.45 bits per heavy atom. The largest absolute Gasteiger partial charge is 0.505 e. The summed E-state index contributed by atoms with van der Waals surface area (Å²) in [6.07, 6.45) is 3.01. The van der Waals surface area contributed by atoms with Crippen molar-refractivity contribution < 1.29 is 38.6 Å². The number of rotatable bonds is 8. The molecule has 2 N–H and O–H groups in total. The van der Waals surface area contributed by atoms with Gasteiger partial charge in [0.15, 0.2) is 21.3 Å². The summed E-state index contributed by atoms with van der Waals surface area (Å²) in [5.41, 5.74) is 0.215. The van der Waals surface area contributed by atoms with Crippen molar-refractivity contribution in [2.75, 3.05) is 12.0 Å². The standard InChI is InChI=1S/C27H26BrCl2FN2O7/c28-12-33-24(39)26(29)11-16-13(20(27(26,30)25(33)40)15-5-4-6-17(31)21(15)36)8-9-14-19(16)23(38)32(22(14)37)10-3-1-2-7-18(34)35/h4-6,8,14,16,19-20,36H,1-3,7,9-12H2,(H,34,35). The summed E-state index contributed by atoms with van der Waals surface area (Å²) in [6.45, 7) is 0.126. The van der Waals surface area contributed by atoms with Crippen LogP contribution in [0.1, 0.15) is 50.0 Å². The summed E-state index contributed by atoms with van der Waals surface area (Å²) in [5.74, 6) is -8.65. The predicted molar refractivity (Wildman–Crippen MR) is 144 cm³/mol. The number of carbonyl (C=O) groups is 5. The zero-order valence-electron chi connectivity index (χ0n) is 21.1. The number of unbranched alkanes of at least 4 members (excludes halogenated alkanes) is 2. The highest BCUT2D eigenvalue weighted by molar-refractivity contribution is 9.09. The van der Waals surface area contributed by atoms with Crippen molar-refractivity contribution in [1.82, 2.24) is 9.80 Å². The van der Waals surface area contributed by atoms with Gasteiger partial charge in [-0.25, -0.2) is 4.39 Å². The van der Waals surface area contributed by atoms with E-state index in [2.05, 4.69) is 15.9 Å². The van der Waals surface area contributed by atoms with Crippen LogP contribution in [0.25, 0.3) is 0 Å². The molecule has 4 aliphatic rings. The Balaban J connectivity index is 1.55. The number of phenols is 1. The molecule has 1 aromatic rings. The third-order valence-electron chi connectivity index (χ3n) is 8.71. The van der Waals surface area contributed by atoms with Crippen LogP contribution >= 0.6 is 39.1 Å². The quantitative estimate of drug-likeness (QED) is 0.142. The highest BCUT2D eigenvalue weighted by atomic mass is 79.9. The molecule has 6 unspecified atom stereocenters. The summed E-state index contributed by atoms with van der Waals surface area (Å²) in [4.78, 5) is 62.9. The Labute approximate surface area is 247 Å². The van der Waals surface area contributed by atoms with E-state index in [1.54, 1.807) is 6.08 Å². The van der Waals surface area contributed by atoms with Gasteiger partial charge in [0.25, 0.3) is 11.8 Å². The number of carboxylic acid groups (broad SMARTS) is 1. The number of likely N-dealkylation sites (tertiary alicyclic amines) is 2. The summed E-state index contributed by atoms with van der Waals surface area (Å²) in [6, 6.07) is 3.79. The molecular formula is C27H26BrCl2FN2O7. The molecule has 1 aromatic carbocycles.